The molecule has 2 aromatic rings. The average Bonchev–Trinajstić information content (AvgIpc) is 2.36. The predicted molar refractivity (Wildman–Crippen MR) is 62.8 cm³/mol. The molecule has 1 aromatic carbocycles. The highest BCUT2D eigenvalue weighted by atomic mass is 19.1. The molecule has 6 heteroatoms. The summed E-state index contributed by atoms with van der Waals surface area (Å²) in [6.45, 7) is 1.85. The van der Waals surface area contributed by atoms with Gasteiger partial charge < -0.3 is 10.1 Å². The van der Waals surface area contributed by atoms with Gasteiger partial charge in [-0.15, -0.1) is 0 Å². The summed E-state index contributed by atoms with van der Waals surface area (Å²) in [4.78, 5) is 6.62. The Labute approximate surface area is 103 Å². The number of aromatic nitrogens is 2. The Morgan fingerprint density at radius 1 is 1.17 bits per heavy atom. The molecule has 0 bridgehead atoms. The van der Waals surface area contributed by atoms with E-state index in [1.807, 2.05) is 6.07 Å². The maximum Gasteiger partial charge on any atom is 0.314 e. The zero-order chi connectivity index (χ0) is 13.0. The van der Waals surface area contributed by atoms with Gasteiger partial charge in [-0.25, -0.2) is 0 Å². The first-order valence-corrected chi connectivity index (χ1v) is 5.38. The van der Waals surface area contributed by atoms with Gasteiger partial charge in [-0.2, -0.15) is 18.7 Å². The molecule has 0 fully saturated rings. The van der Waals surface area contributed by atoms with Crippen LogP contribution < -0.4 is 10.1 Å². The van der Waals surface area contributed by atoms with E-state index in [1.165, 1.54) is 0 Å². The van der Waals surface area contributed by atoms with Gasteiger partial charge in [0.05, 0.1) is 6.61 Å². The van der Waals surface area contributed by atoms with E-state index >= 15 is 0 Å². The van der Waals surface area contributed by atoms with E-state index < -0.39 is 17.8 Å². The minimum Gasteiger partial charge on any atom is -0.476 e. The molecule has 1 N–H and O–H groups in total. The van der Waals surface area contributed by atoms with E-state index in [4.69, 9.17) is 4.74 Å². The molecule has 0 saturated carbocycles. The zero-order valence-corrected chi connectivity index (χ0v) is 9.65. The van der Waals surface area contributed by atoms with Crippen LogP contribution in [0, 0.1) is 11.9 Å². The molecule has 4 nitrogen and oxygen atoms in total. The van der Waals surface area contributed by atoms with Crippen LogP contribution in [0.2, 0.25) is 0 Å². The molecular weight excluding hydrogens is 240 g/mol. The van der Waals surface area contributed by atoms with Crippen LogP contribution in [0.1, 0.15) is 6.92 Å². The number of hydrogen-bond acceptors (Lipinski definition) is 4. The lowest BCUT2D eigenvalue weighted by Crippen LogP contribution is -2.06. The number of anilines is 2. The maximum absolute atomic E-state index is 13.8. The van der Waals surface area contributed by atoms with Crippen molar-refractivity contribution in [3.8, 4) is 5.88 Å². The number of ether oxygens (including phenoxy) is 1. The van der Waals surface area contributed by atoms with Crippen molar-refractivity contribution in [3.63, 3.8) is 0 Å². The van der Waals surface area contributed by atoms with Crippen LogP contribution >= 0.6 is 0 Å². The van der Waals surface area contributed by atoms with Crippen molar-refractivity contribution in [1.82, 2.24) is 9.97 Å². The van der Waals surface area contributed by atoms with E-state index in [2.05, 4.69) is 15.3 Å². The molecule has 0 radical (unpaired) electrons. The number of hydrogen-bond donors (Lipinski definition) is 1. The largest absolute Gasteiger partial charge is 0.476 e. The summed E-state index contributed by atoms with van der Waals surface area (Å²) in [5.74, 6) is -1.47. The number of nitrogens with one attached hydrogen (secondary N) is 1. The van der Waals surface area contributed by atoms with E-state index in [0.717, 1.165) is 0 Å². The molecule has 0 atom stereocenters. The fraction of sp³-hybridized carbons (Fsp3) is 0.167. The molecule has 0 aliphatic carbocycles. The van der Waals surface area contributed by atoms with Crippen molar-refractivity contribution in [2.45, 2.75) is 6.92 Å². The Morgan fingerprint density at radius 2 is 1.89 bits per heavy atom. The van der Waals surface area contributed by atoms with Crippen LogP contribution in [0.4, 0.5) is 20.3 Å². The van der Waals surface area contributed by atoms with Gasteiger partial charge in [0, 0.05) is 5.69 Å². The Morgan fingerprint density at radius 3 is 2.56 bits per heavy atom. The molecule has 0 amide bonds. The first-order valence-electron chi connectivity index (χ1n) is 5.38. The van der Waals surface area contributed by atoms with Gasteiger partial charge in [-0.3, -0.25) is 0 Å². The van der Waals surface area contributed by atoms with Gasteiger partial charge in [0.25, 0.3) is 5.88 Å². The predicted octanol–water partition coefficient (Wildman–Crippen LogP) is 2.90. The Kier molecular flexibility index (Phi) is 3.66. The van der Waals surface area contributed by atoms with Gasteiger partial charge in [0.15, 0.2) is 5.82 Å². The van der Waals surface area contributed by atoms with Crippen LogP contribution in [0.5, 0.6) is 5.88 Å². The van der Waals surface area contributed by atoms with E-state index in [1.54, 1.807) is 31.2 Å². The fourth-order valence-electron chi connectivity index (χ4n) is 1.37. The third-order valence-corrected chi connectivity index (χ3v) is 2.11. The van der Waals surface area contributed by atoms with Gasteiger partial charge in [0.1, 0.15) is 0 Å². The van der Waals surface area contributed by atoms with Crippen molar-refractivity contribution in [2.75, 3.05) is 11.9 Å². The van der Waals surface area contributed by atoms with Crippen molar-refractivity contribution in [2.24, 2.45) is 0 Å². The quantitative estimate of drug-likeness (QED) is 0.849. The molecule has 0 spiro atoms. The third kappa shape index (κ3) is 2.71. The number of para-hydroxylation sites is 1. The van der Waals surface area contributed by atoms with E-state index in [-0.39, 0.29) is 12.4 Å². The number of halogens is 2. The molecule has 1 aromatic heterocycles. The Bertz CT molecular complexity index is 534. The van der Waals surface area contributed by atoms with E-state index in [0.29, 0.717) is 5.69 Å². The van der Waals surface area contributed by atoms with Crippen LogP contribution in [-0.4, -0.2) is 16.6 Å². The molecular formula is C12H11F2N3O. The van der Waals surface area contributed by atoms with Crippen molar-refractivity contribution < 1.29 is 13.5 Å². The monoisotopic (exact) mass is 251 g/mol. The highest BCUT2D eigenvalue weighted by Crippen LogP contribution is 2.23. The van der Waals surface area contributed by atoms with Crippen LogP contribution in [-0.2, 0) is 0 Å². The molecule has 18 heavy (non-hydrogen) atoms. The summed E-state index contributed by atoms with van der Waals surface area (Å²) in [6, 6.07) is 8.76. The molecule has 94 valence electrons. The van der Waals surface area contributed by atoms with Gasteiger partial charge >= 0.3 is 6.08 Å². The van der Waals surface area contributed by atoms with Crippen molar-refractivity contribution >= 4 is 11.5 Å². The SMILES string of the molecule is CCOc1nc(F)nc(Nc2ccccc2)c1F. The lowest BCUT2D eigenvalue weighted by Gasteiger charge is -2.09. The van der Waals surface area contributed by atoms with E-state index in [9.17, 15) is 8.78 Å². The van der Waals surface area contributed by atoms with Crippen LogP contribution in [0.15, 0.2) is 30.3 Å². The highest BCUT2D eigenvalue weighted by molar-refractivity contribution is 5.57. The minimum absolute atomic E-state index is 0.193. The summed E-state index contributed by atoms with van der Waals surface area (Å²) in [5, 5.41) is 2.67. The topological polar surface area (TPSA) is 47.0 Å². The second-order valence-corrected chi connectivity index (χ2v) is 3.38. The summed E-state index contributed by atoms with van der Waals surface area (Å²) in [6.07, 6.45) is -1.04. The van der Waals surface area contributed by atoms with Gasteiger partial charge in [0.2, 0.25) is 5.82 Å². The molecule has 1 heterocycles. The van der Waals surface area contributed by atoms with Crippen molar-refractivity contribution in [3.05, 3.63) is 42.2 Å². The summed E-state index contributed by atoms with van der Waals surface area (Å²) in [7, 11) is 0. The summed E-state index contributed by atoms with van der Waals surface area (Å²) < 4.78 is 31.9. The first kappa shape index (κ1) is 12.2. The normalized spacial score (nSPS) is 10.2. The van der Waals surface area contributed by atoms with Crippen LogP contribution in [0.25, 0.3) is 0 Å². The smallest absolute Gasteiger partial charge is 0.314 e. The number of rotatable bonds is 4. The first-order chi connectivity index (χ1) is 8.70. The standard InChI is InChI=1S/C12H11F2N3O/c1-2-18-11-9(13)10(16-12(14)17-11)15-8-6-4-3-5-7-8/h3-7H,2H2,1H3,(H,15,16,17). The Balaban J connectivity index is 2.33. The summed E-state index contributed by atoms with van der Waals surface area (Å²) >= 11 is 0. The Hall–Kier alpha value is -2.24. The fourth-order valence-corrected chi connectivity index (χ4v) is 1.37. The molecule has 0 aliphatic rings. The van der Waals surface area contributed by atoms with Gasteiger partial charge in [-0.05, 0) is 19.1 Å². The second kappa shape index (κ2) is 5.39. The maximum atomic E-state index is 13.8. The number of benzene rings is 1. The zero-order valence-electron chi connectivity index (χ0n) is 9.65. The lowest BCUT2D eigenvalue weighted by molar-refractivity contribution is 0.298. The summed E-state index contributed by atoms with van der Waals surface area (Å²) in [5.41, 5.74) is 0.594. The average molecular weight is 251 g/mol. The van der Waals surface area contributed by atoms with Gasteiger partial charge in [-0.1, -0.05) is 18.2 Å². The molecule has 0 unspecified atom stereocenters. The van der Waals surface area contributed by atoms with Crippen molar-refractivity contribution in [1.29, 1.82) is 0 Å². The second-order valence-electron chi connectivity index (χ2n) is 3.38. The number of nitrogens with zero attached hydrogens (tertiary/aromatic N) is 2. The lowest BCUT2D eigenvalue weighted by atomic mass is 10.3. The molecule has 0 saturated heterocycles. The highest BCUT2D eigenvalue weighted by Gasteiger charge is 2.15. The molecule has 2 rings (SSSR count). The molecule has 0 aliphatic heterocycles. The van der Waals surface area contributed by atoms with Crippen LogP contribution in [0.3, 0.4) is 0 Å². The third-order valence-electron chi connectivity index (χ3n) is 2.11. The minimum atomic E-state index is -1.04.